The summed E-state index contributed by atoms with van der Waals surface area (Å²) in [6.45, 7) is 2.38. The standard InChI is InChI=1S/C21H28N2O4/c1-15-6-11-19(20(12-15)26-5)27-14-21(24)22-13-18(23(2)3)16-7-9-17(25-4)10-8-16/h6-12,18H,13-14H2,1-5H3,(H,22,24). The van der Waals surface area contributed by atoms with Gasteiger partial charge in [-0.05, 0) is 56.4 Å². The first-order valence-electron chi connectivity index (χ1n) is 8.79. The molecule has 2 aromatic rings. The van der Waals surface area contributed by atoms with E-state index in [1.807, 2.05) is 57.4 Å². The molecule has 0 bridgehead atoms. The molecular weight excluding hydrogens is 344 g/mol. The molecule has 6 nitrogen and oxygen atoms in total. The predicted molar refractivity (Wildman–Crippen MR) is 106 cm³/mol. The fraction of sp³-hybridized carbons (Fsp3) is 0.381. The molecule has 1 atom stereocenters. The maximum absolute atomic E-state index is 12.2. The molecule has 1 N–H and O–H groups in total. The molecule has 6 heteroatoms. The Morgan fingerprint density at radius 3 is 2.33 bits per heavy atom. The van der Waals surface area contributed by atoms with E-state index in [-0.39, 0.29) is 18.6 Å². The van der Waals surface area contributed by atoms with Crippen LogP contribution in [0.1, 0.15) is 17.2 Å². The average molecular weight is 372 g/mol. The summed E-state index contributed by atoms with van der Waals surface area (Å²) in [6, 6.07) is 13.5. The summed E-state index contributed by atoms with van der Waals surface area (Å²) < 4.78 is 16.1. The molecule has 0 saturated carbocycles. The molecule has 0 aliphatic rings. The minimum absolute atomic E-state index is 0.0498. The Hall–Kier alpha value is -2.73. The number of benzene rings is 2. The molecule has 0 aliphatic heterocycles. The van der Waals surface area contributed by atoms with Crippen LogP contribution in [-0.2, 0) is 4.79 Å². The number of aryl methyl sites for hydroxylation is 1. The maximum atomic E-state index is 12.2. The number of hydrogen-bond donors (Lipinski definition) is 1. The van der Waals surface area contributed by atoms with E-state index in [4.69, 9.17) is 14.2 Å². The third-order valence-electron chi connectivity index (χ3n) is 4.29. The zero-order valence-corrected chi connectivity index (χ0v) is 16.6. The van der Waals surface area contributed by atoms with Crippen LogP contribution in [0.3, 0.4) is 0 Å². The van der Waals surface area contributed by atoms with Crippen LogP contribution in [0, 0.1) is 6.92 Å². The summed E-state index contributed by atoms with van der Waals surface area (Å²) in [7, 11) is 7.18. The molecule has 0 aliphatic carbocycles. The number of likely N-dealkylation sites (N-methyl/N-ethyl adjacent to an activating group) is 1. The molecular formula is C21H28N2O4. The van der Waals surface area contributed by atoms with Crippen LogP contribution in [0.15, 0.2) is 42.5 Å². The molecule has 0 fully saturated rings. The van der Waals surface area contributed by atoms with Gasteiger partial charge in [0, 0.05) is 6.54 Å². The second-order valence-electron chi connectivity index (χ2n) is 6.50. The Morgan fingerprint density at radius 1 is 1.04 bits per heavy atom. The number of carbonyl (C=O) groups excluding carboxylic acids is 1. The number of methoxy groups -OCH3 is 2. The number of ether oxygens (including phenoxy) is 3. The highest BCUT2D eigenvalue weighted by Gasteiger charge is 2.16. The van der Waals surface area contributed by atoms with Crippen molar-refractivity contribution in [3.63, 3.8) is 0 Å². The van der Waals surface area contributed by atoms with Crippen molar-refractivity contribution in [1.82, 2.24) is 10.2 Å². The van der Waals surface area contributed by atoms with E-state index in [0.29, 0.717) is 18.0 Å². The maximum Gasteiger partial charge on any atom is 0.258 e. The summed E-state index contributed by atoms with van der Waals surface area (Å²) in [6.07, 6.45) is 0. The Kier molecular flexibility index (Phi) is 7.49. The second-order valence-corrected chi connectivity index (χ2v) is 6.50. The predicted octanol–water partition coefficient (Wildman–Crippen LogP) is 2.81. The van der Waals surface area contributed by atoms with Gasteiger partial charge in [-0.3, -0.25) is 4.79 Å². The monoisotopic (exact) mass is 372 g/mol. The summed E-state index contributed by atoms with van der Waals surface area (Å²) in [5.41, 5.74) is 2.17. The smallest absolute Gasteiger partial charge is 0.258 e. The van der Waals surface area contributed by atoms with Crippen molar-refractivity contribution in [1.29, 1.82) is 0 Å². The van der Waals surface area contributed by atoms with Crippen LogP contribution < -0.4 is 19.5 Å². The lowest BCUT2D eigenvalue weighted by atomic mass is 10.1. The van der Waals surface area contributed by atoms with Gasteiger partial charge in [0.1, 0.15) is 5.75 Å². The molecule has 2 aromatic carbocycles. The first kappa shape index (κ1) is 20.6. The number of nitrogens with one attached hydrogen (secondary N) is 1. The van der Waals surface area contributed by atoms with E-state index in [9.17, 15) is 4.79 Å². The van der Waals surface area contributed by atoms with Crippen molar-refractivity contribution in [3.8, 4) is 17.2 Å². The number of rotatable bonds is 9. The minimum Gasteiger partial charge on any atom is -0.497 e. The van der Waals surface area contributed by atoms with Gasteiger partial charge in [0.15, 0.2) is 18.1 Å². The first-order chi connectivity index (χ1) is 12.9. The van der Waals surface area contributed by atoms with Crippen LogP contribution in [-0.4, -0.2) is 52.3 Å². The van der Waals surface area contributed by atoms with Crippen LogP contribution in [0.5, 0.6) is 17.2 Å². The van der Waals surface area contributed by atoms with E-state index < -0.39 is 0 Å². The van der Waals surface area contributed by atoms with E-state index in [2.05, 4.69) is 10.2 Å². The van der Waals surface area contributed by atoms with Gasteiger partial charge < -0.3 is 24.4 Å². The van der Waals surface area contributed by atoms with Crippen molar-refractivity contribution in [2.24, 2.45) is 0 Å². The average Bonchev–Trinajstić information content (AvgIpc) is 2.67. The van der Waals surface area contributed by atoms with Crippen LogP contribution in [0.25, 0.3) is 0 Å². The normalized spacial score (nSPS) is 11.8. The van der Waals surface area contributed by atoms with E-state index in [1.165, 1.54) is 0 Å². The van der Waals surface area contributed by atoms with E-state index in [1.54, 1.807) is 20.3 Å². The lowest BCUT2D eigenvalue weighted by Gasteiger charge is -2.25. The minimum atomic E-state index is -0.182. The highest BCUT2D eigenvalue weighted by molar-refractivity contribution is 5.77. The molecule has 1 amide bonds. The summed E-state index contributed by atoms with van der Waals surface area (Å²) in [5.74, 6) is 1.79. The highest BCUT2D eigenvalue weighted by atomic mass is 16.5. The van der Waals surface area contributed by atoms with Crippen LogP contribution in [0.4, 0.5) is 0 Å². The molecule has 0 aromatic heterocycles. The first-order valence-corrected chi connectivity index (χ1v) is 8.79. The fourth-order valence-corrected chi connectivity index (χ4v) is 2.72. The van der Waals surface area contributed by atoms with Crippen molar-refractivity contribution in [2.75, 3.05) is 41.5 Å². The van der Waals surface area contributed by atoms with Gasteiger partial charge in [0.05, 0.1) is 20.3 Å². The highest BCUT2D eigenvalue weighted by Crippen LogP contribution is 2.27. The largest absolute Gasteiger partial charge is 0.497 e. The van der Waals surface area contributed by atoms with Gasteiger partial charge in [0.25, 0.3) is 5.91 Å². The van der Waals surface area contributed by atoms with Gasteiger partial charge in [-0.25, -0.2) is 0 Å². The Morgan fingerprint density at radius 2 is 1.74 bits per heavy atom. The fourth-order valence-electron chi connectivity index (χ4n) is 2.72. The lowest BCUT2D eigenvalue weighted by Crippen LogP contribution is -2.36. The second kappa shape index (κ2) is 9.83. The van der Waals surface area contributed by atoms with E-state index in [0.717, 1.165) is 16.9 Å². The van der Waals surface area contributed by atoms with Crippen molar-refractivity contribution < 1.29 is 19.0 Å². The number of carbonyl (C=O) groups is 1. The summed E-state index contributed by atoms with van der Waals surface area (Å²) >= 11 is 0. The van der Waals surface area contributed by atoms with Crippen LogP contribution in [0.2, 0.25) is 0 Å². The number of hydrogen-bond acceptors (Lipinski definition) is 5. The molecule has 1 unspecified atom stereocenters. The quantitative estimate of drug-likeness (QED) is 0.733. The molecule has 0 radical (unpaired) electrons. The zero-order chi connectivity index (χ0) is 19.8. The Balaban J connectivity index is 1.92. The lowest BCUT2D eigenvalue weighted by molar-refractivity contribution is -0.123. The Bertz CT molecular complexity index is 744. The van der Waals surface area contributed by atoms with Gasteiger partial charge in [-0.15, -0.1) is 0 Å². The summed E-state index contributed by atoms with van der Waals surface area (Å²) in [5, 5.41) is 2.93. The van der Waals surface area contributed by atoms with Gasteiger partial charge in [0.2, 0.25) is 0 Å². The zero-order valence-electron chi connectivity index (χ0n) is 16.6. The van der Waals surface area contributed by atoms with Crippen molar-refractivity contribution in [3.05, 3.63) is 53.6 Å². The van der Waals surface area contributed by atoms with Crippen molar-refractivity contribution in [2.45, 2.75) is 13.0 Å². The topological polar surface area (TPSA) is 60.0 Å². The molecule has 27 heavy (non-hydrogen) atoms. The summed E-state index contributed by atoms with van der Waals surface area (Å²) in [4.78, 5) is 14.3. The number of nitrogens with zero attached hydrogens (tertiary/aromatic N) is 1. The van der Waals surface area contributed by atoms with Crippen molar-refractivity contribution >= 4 is 5.91 Å². The van der Waals surface area contributed by atoms with Crippen LogP contribution >= 0.6 is 0 Å². The van der Waals surface area contributed by atoms with Gasteiger partial charge in [-0.2, -0.15) is 0 Å². The Labute approximate surface area is 161 Å². The molecule has 0 spiro atoms. The molecule has 0 heterocycles. The molecule has 2 rings (SSSR count). The van der Waals surface area contributed by atoms with Gasteiger partial charge in [-0.1, -0.05) is 18.2 Å². The SMILES string of the molecule is COc1ccc(C(CNC(=O)COc2ccc(C)cc2OC)N(C)C)cc1. The molecule has 0 saturated heterocycles. The van der Waals surface area contributed by atoms with Gasteiger partial charge >= 0.3 is 0 Å². The third kappa shape index (κ3) is 5.89. The van der Waals surface area contributed by atoms with E-state index >= 15 is 0 Å². The number of amides is 1. The third-order valence-corrected chi connectivity index (χ3v) is 4.29. The molecule has 146 valence electrons.